The monoisotopic (exact) mass is 250 g/mol. The number of β-amino-alcohol motifs (C(OH)–C–C–N with tert-alkyl or cyclic N) is 1. The molecule has 0 bridgehead atoms. The minimum atomic E-state index is -0.445. The molecule has 1 fully saturated rings. The molecule has 100 valence electrons. The second-order valence-electron chi connectivity index (χ2n) is 4.92. The van der Waals surface area contributed by atoms with Crippen LogP contribution in [-0.4, -0.2) is 48.4 Å². The van der Waals surface area contributed by atoms with Crippen molar-refractivity contribution >= 4 is 0 Å². The van der Waals surface area contributed by atoms with E-state index < -0.39 is 6.10 Å². The number of nitrogens with zero attached hydrogens (tertiary/aromatic N) is 1. The van der Waals surface area contributed by atoms with Gasteiger partial charge in [0.05, 0.1) is 0 Å². The highest BCUT2D eigenvalue weighted by Crippen LogP contribution is 2.11. The molecule has 0 aromatic heterocycles. The van der Waals surface area contributed by atoms with Crippen molar-refractivity contribution in [2.24, 2.45) is 5.73 Å². The first-order chi connectivity index (χ1) is 8.74. The Morgan fingerprint density at radius 2 is 1.94 bits per heavy atom. The van der Waals surface area contributed by atoms with Crippen LogP contribution < -0.4 is 10.5 Å². The lowest BCUT2D eigenvalue weighted by Gasteiger charge is -2.31. The lowest BCUT2D eigenvalue weighted by Crippen LogP contribution is -2.44. The number of piperidine rings is 1. The number of para-hydroxylation sites is 1. The van der Waals surface area contributed by atoms with Crippen molar-refractivity contribution in [3.63, 3.8) is 0 Å². The molecule has 1 aliphatic heterocycles. The molecule has 0 spiro atoms. The highest BCUT2D eigenvalue weighted by Gasteiger charge is 2.18. The molecule has 0 aliphatic carbocycles. The second kappa shape index (κ2) is 6.73. The molecule has 3 N–H and O–H groups in total. The number of nitrogens with two attached hydrogens (primary N) is 1. The summed E-state index contributed by atoms with van der Waals surface area (Å²) >= 11 is 0. The third kappa shape index (κ3) is 4.29. The maximum atomic E-state index is 9.93. The van der Waals surface area contributed by atoms with Crippen molar-refractivity contribution in [3.05, 3.63) is 30.3 Å². The molecular formula is C14H22N2O2. The number of ether oxygens (including phenoxy) is 1. The van der Waals surface area contributed by atoms with Crippen LogP contribution in [0.1, 0.15) is 12.8 Å². The van der Waals surface area contributed by atoms with Gasteiger partial charge in [-0.2, -0.15) is 0 Å². The lowest BCUT2D eigenvalue weighted by molar-refractivity contribution is 0.0597. The summed E-state index contributed by atoms with van der Waals surface area (Å²) in [7, 11) is 0. The Morgan fingerprint density at radius 1 is 1.28 bits per heavy atom. The Kier molecular flexibility index (Phi) is 4.99. The minimum Gasteiger partial charge on any atom is -0.491 e. The first-order valence-corrected chi connectivity index (χ1v) is 6.58. The quantitative estimate of drug-likeness (QED) is 0.813. The molecule has 18 heavy (non-hydrogen) atoms. The SMILES string of the molecule is NC1CCN(CC(O)COc2ccccc2)CC1. The Hall–Kier alpha value is -1.10. The van der Waals surface area contributed by atoms with Crippen molar-refractivity contribution in [2.45, 2.75) is 25.0 Å². The molecule has 4 nitrogen and oxygen atoms in total. The lowest BCUT2D eigenvalue weighted by atomic mass is 10.1. The Labute approximate surface area is 108 Å². The third-order valence-corrected chi connectivity index (χ3v) is 3.29. The molecule has 1 unspecified atom stereocenters. The fraction of sp³-hybridized carbons (Fsp3) is 0.571. The molecule has 1 aromatic carbocycles. The van der Waals surface area contributed by atoms with Crippen LogP contribution in [-0.2, 0) is 0 Å². The van der Waals surface area contributed by atoms with Crippen molar-refractivity contribution < 1.29 is 9.84 Å². The number of hydrogen-bond donors (Lipinski definition) is 2. The second-order valence-corrected chi connectivity index (χ2v) is 4.92. The van der Waals surface area contributed by atoms with Gasteiger partial charge < -0.3 is 20.5 Å². The summed E-state index contributed by atoms with van der Waals surface area (Å²) in [6.45, 7) is 2.96. The average Bonchev–Trinajstić information content (AvgIpc) is 2.40. The largest absolute Gasteiger partial charge is 0.491 e. The Balaban J connectivity index is 1.67. The van der Waals surface area contributed by atoms with Crippen molar-refractivity contribution in [1.29, 1.82) is 0 Å². The van der Waals surface area contributed by atoms with Gasteiger partial charge in [-0.25, -0.2) is 0 Å². The van der Waals surface area contributed by atoms with Gasteiger partial charge in [-0.1, -0.05) is 18.2 Å². The Morgan fingerprint density at radius 3 is 2.61 bits per heavy atom. The van der Waals surface area contributed by atoms with E-state index in [-0.39, 0.29) is 0 Å². The van der Waals surface area contributed by atoms with Crippen molar-refractivity contribution in [3.8, 4) is 5.75 Å². The zero-order chi connectivity index (χ0) is 12.8. The zero-order valence-corrected chi connectivity index (χ0v) is 10.7. The summed E-state index contributed by atoms with van der Waals surface area (Å²) in [5.74, 6) is 0.803. The summed E-state index contributed by atoms with van der Waals surface area (Å²) in [5.41, 5.74) is 5.85. The van der Waals surface area contributed by atoms with Crippen molar-refractivity contribution in [1.82, 2.24) is 4.90 Å². The van der Waals surface area contributed by atoms with E-state index in [9.17, 15) is 5.11 Å². The minimum absolute atomic E-state index is 0.332. The van der Waals surface area contributed by atoms with Crippen LogP contribution in [0.2, 0.25) is 0 Å². The molecule has 0 saturated carbocycles. The molecule has 1 aromatic rings. The number of hydrogen-bond acceptors (Lipinski definition) is 4. The predicted molar refractivity (Wildman–Crippen MR) is 71.6 cm³/mol. The van der Waals surface area contributed by atoms with Crippen molar-refractivity contribution in [2.75, 3.05) is 26.2 Å². The zero-order valence-electron chi connectivity index (χ0n) is 10.7. The summed E-state index contributed by atoms with van der Waals surface area (Å²) in [5, 5.41) is 9.93. The standard InChI is InChI=1S/C14H22N2O2/c15-12-6-8-16(9-7-12)10-13(17)11-18-14-4-2-1-3-5-14/h1-5,12-13,17H,6-11,15H2. The molecule has 1 saturated heterocycles. The Bertz CT molecular complexity index is 337. The van der Waals surface area contributed by atoms with E-state index in [1.165, 1.54) is 0 Å². The van der Waals surface area contributed by atoms with Gasteiger partial charge in [-0.3, -0.25) is 0 Å². The van der Waals surface area contributed by atoms with Crippen LogP contribution in [0.15, 0.2) is 30.3 Å². The molecule has 0 amide bonds. The normalized spacial score (nSPS) is 19.7. The number of benzene rings is 1. The number of aliphatic hydroxyl groups excluding tert-OH is 1. The summed E-state index contributed by atoms with van der Waals surface area (Å²) < 4.78 is 5.53. The highest BCUT2D eigenvalue weighted by atomic mass is 16.5. The fourth-order valence-electron chi connectivity index (χ4n) is 2.20. The van der Waals surface area contributed by atoms with Gasteiger partial charge in [0, 0.05) is 12.6 Å². The van der Waals surface area contributed by atoms with Crippen LogP contribution in [0.25, 0.3) is 0 Å². The summed E-state index contributed by atoms with van der Waals surface area (Å²) in [6, 6.07) is 9.92. The number of aliphatic hydroxyl groups is 1. The van der Waals surface area contributed by atoms with E-state index >= 15 is 0 Å². The van der Waals surface area contributed by atoms with Gasteiger partial charge in [0.2, 0.25) is 0 Å². The highest BCUT2D eigenvalue weighted by molar-refractivity contribution is 5.20. The molecular weight excluding hydrogens is 228 g/mol. The smallest absolute Gasteiger partial charge is 0.119 e. The van der Waals surface area contributed by atoms with Crippen LogP contribution in [0, 0.1) is 0 Å². The van der Waals surface area contributed by atoms with Gasteiger partial charge in [-0.05, 0) is 38.1 Å². The van der Waals surface area contributed by atoms with Crippen LogP contribution in [0.4, 0.5) is 0 Å². The van der Waals surface area contributed by atoms with E-state index in [4.69, 9.17) is 10.5 Å². The predicted octanol–water partition coefficient (Wildman–Crippen LogP) is 0.849. The molecule has 1 atom stereocenters. The topological polar surface area (TPSA) is 58.7 Å². The maximum Gasteiger partial charge on any atom is 0.119 e. The molecule has 2 rings (SSSR count). The van der Waals surface area contributed by atoms with Gasteiger partial charge >= 0.3 is 0 Å². The van der Waals surface area contributed by atoms with E-state index in [0.29, 0.717) is 19.2 Å². The van der Waals surface area contributed by atoms with E-state index in [0.717, 1.165) is 31.7 Å². The first kappa shape index (κ1) is 13.3. The maximum absolute atomic E-state index is 9.93. The molecule has 1 heterocycles. The molecule has 4 heteroatoms. The van der Waals surface area contributed by atoms with Gasteiger partial charge in [0.25, 0.3) is 0 Å². The average molecular weight is 250 g/mol. The summed E-state index contributed by atoms with van der Waals surface area (Å²) in [6.07, 6.45) is 1.60. The number of rotatable bonds is 5. The van der Waals surface area contributed by atoms with E-state index in [2.05, 4.69) is 4.90 Å². The fourth-order valence-corrected chi connectivity index (χ4v) is 2.20. The summed E-state index contributed by atoms with van der Waals surface area (Å²) in [4.78, 5) is 2.25. The number of likely N-dealkylation sites (tertiary alicyclic amines) is 1. The van der Waals surface area contributed by atoms with Crippen LogP contribution in [0.5, 0.6) is 5.75 Å². The molecule has 0 radical (unpaired) electrons. The van der Waals surface area contributed by atoms with Crippen LogP contribution in [0.3, 0.4) is 0 Å². The van der Waals surface area contributed by atoms with E-state index in [1.807, 2.05) is 30.3 Å². The third-order valence-electron chi connectivity index (χ3n) is 3.29. The van der Waals surface area contributed by atoms with E-state index in [1.54, 1.807) is 0 Å². The van der Waals surface area contributed by atoms with Gasteiger partial charge in [0.1, 0.15) is 18.5 Å². The van der Waals surface area contributed by atoms with Crippen LogP contribution >= 0.6 is 0 Å². The molecule has 1 aliphatic rings. The van der Waals surface area contributed by atoms with Gasteiger partial charge in [-0.15, -0.1) is 0 Å². The first-order valence-electron chi connectivity index (χ1n) is 6.58. The van der Waals surface area contributed by atoms with Gasteiger partial charge in [0.15, 0.2) is 0 Å².